The number of hydrogen-bond donors (Lipinski definition) is 4. The first kappa shape index (κ1) is 15.2. The summed E-state index contributed by atoms with van der Waals surface area (Å²) in [5.41, 5.74) is 5.90. The smallest absolute Gasteiger partial charge is 0.319 e. The van der Waals surface area contributed by atoms with Crippen molar-refractivity contribution in [3.63, 3.8) is 0 Å². The van der Waals surface area contributed by atoms with E-state index >= 15 is 0 Å². The van der Waals surface area contributed by atoms with Crippen LogP contribution < -0.4 is 16.4 Å². The van der Waals surface area contributed by atoms with Crippen molar-refractivity contribution in [2.75, 3.05) is 17.6 Å². The molecule has 6 heteroatoms. The molecule has 0 aromatic heterocycles. The topological polar surface area (TPSA) is 104 Å². The number of carbonyl (C=O) groups is 2. The minimum atomic E-state index is -0.835. The largest absolute Gasteiger partial charge is 0.481 e. The molecule has 1 aromatic rings. The zero-order valence-electron chi connectivity index (χ0n) is 11.9. The first-order chi connectivity index (χ1) is 10.0. The fraction of sp³-hybridized carbons (Fsp3) is 0.467. The highest BCUT2D eigenvalue weighted by Crippen LogP contribution is 2.36. The van der Waals surface area contributed by atoms with Gasteiger partial charge in [-0.25, -0.2) is 4.79 Å². The number of nitrogens with one attached hydrogen (secondary N) is 2. The average molecular weight is 291 g/mol. The van der Waals surface area contributed by atoms with Gasteiger partial charge in [0.15, 0.2) is 0 Å². The second-order valence-corrected chi connectivity index (χ2v) is 5.54. The maximum absolute atomic E-state index is 11.9. The van der Waals surface area contributed by atoms with Crippen molar-refractivity contribution in [2.45, 2.75) is 32.1 Å². The van der Waals surface area contributed by atoms with Crippen molar-refractivity contribution >= 4 is 23.4 Å². The molecule has 5 N–H and O–H groups in total. The van der Waals surface area contributed by atoms with Gasteiger partial charge in [0.05, 0.1) is 16.8 Å². The summed E-state index contributed by atoms with van der Waals surface area (Å²) < 4.78 is 0. The zero-order chi connectivity index (χ0) is 15.3. The van der Waals surface area contributed by atoms with E-state index in [0.717, 1.165) is 19.3 Å². The Morgan fingerprint density at radius 3 is 2.48 bits per heavy atom. The van der Waals surface area contributed by atoms with E-state index in [1.54, 1.807) is 24.3 Å². The highest BCUT2D eigenvalue weighted by molar-refractivity contribution is 5.92. The molecule has 114 valence electrons. The third-order valence-electron chi connectivity index (χ3n) is 4.06. The lowest BCUT2D eigenvalue weighted by molar-refractivity contribution is -0.150. The predicted molar refractivity (Wildman–Crippen MR) is 81.0 cm³/mol. The lowest BCUT2D eigenvalue weighted by Crippen LogP contribution is -2.45. The summed E-state index contributed by atoms with van der Waals surface area (Å²) in [7, 11) is 0. The third kappa shape index (κ3) is 3.65. The Hall–Kier alpha value is -2.24. The van der Waals surface area contributed by atoms with E-state index in [1.807, 2.05) is 0 Å². The fourth-order valence-electron chi connectivity index (χ4n) is 2.72. The Kier molecular flexibility index (Phi) is 4.67. The summed E-state index contributed by atoms with van der Waals surface area (Å²) in [5, 5.41) is 14.7. The molecule has 1 aliphatic carbocycles. The predicted octanol–water partition coefficient (Wildman–Crippen LogP) is 2.43. The molecule has 0 radical (unpaired) electrons. The number of benzene rings is 1. The van der Waals surface area contributed by atoms with Gasteiger partial charge in [-0.15, -0.1) is 0 Å². The van der Waals surface area contributed by atoms with Gasteiger partial charge >= 0.3 is 12.0 Å². The molecule has 21 heavy (non-hydrogen) atoms. The number of nitrogens with two attached hydrogens (primary N) is 1. The molecule has 2 rings (SSSR count). The van der Waals surface area contributed by atoms with Gasteiger partial charge in [-0.05, 0) is 25.0 Å². The Balaban J connectivity index is 1.93. The molecule has 1 aliphatic rings. The molecular weight excluding hydrogens is 270 g/mol. The maximum Gasteiger partial charge on any atom is 0.319 e. The van der Waals surface area contributed by atoms with Crippen molar-refractivity contribution in [1.29, 1.82) is 0 Å². The van der Waals surface area contributed by atoms with Crippen LogP contribution in [0, 0.1) is 5.41 Å². The Morgan fingerprint density at radius 2 is 1.86 bits per heavy atom. The van der Waals surface area contributed by atoms with Crippen LogP contribution >= 0.6 is 0 Å². The van der Waals surface area contributed by atoms with Crippen molar-refractivity contribution in [3.05, 3.63) is 24.3 Å². The number of carbonyl (C=O) groups excluding carboxylic acids is 1. The lowest BCUT2D eigenvalue weighted by atomic mass is 9.74. The SMILES string of the molecule is Nc1ccccc1NC(=O)NCC1(C(=O)O)CCCCC1. The Labute approximate surface area is 123 Å². The zero-order valence-corrected chi connectivity index (χ0v) is 11.9. The molecule has 1 fully saturated rings. The highest BCUT2D eigenvalue weighted by Gasteiger charge is 2.39. The van der Waals surface area contributed by atoms with Crippen LogP contribution in [0.1, 0.15) is 32.1 Å². The third-order valence-corrected chi connectivity index (χ3v) is 4.06. The van der Waals surface area contributed by atoms with Crippen molar-refractivity contribution in [2.24, 2.45) is 5.41 Å². The molecule has 0 atom stereocenters. The van der Waals surface area contributed by atoms with Crippen LogP contribution in [-0.2, 0) is 4.79 Å². The molecule has 0 heterocycles. The molecule has 0 bridgehead atoms. The van der Waals surface area contributed by atoms with Gasteiger partial charge < -0.3 is 21.5 Å². The molecule has 0 saturated heterocycles. The van der Waals surface area contributed by atoms with Gasteiger partial charge in [0.1, 0.15) is 0 Å². The van der Waals surface area contributed by atoms with Crippen LogP contribution in [0.25, 0.3) is 0 Å². The van der Waals surface area contributed by atoms with Crippen LogP contribution in [0.4, 0.5) is 16.2 Å². The number of aliphatic carboxylic acids is 1. The van der Waals surface area contributed by atoms with E-state index in [4.69, 9.17) is 5.73 Å². The number of anilines is 2. The van der Waals surface area contributed by atoms with Crippen LogP contribution in [-0.4, -0.2) is 23.7 Å². The second-order valence-electron chi connectivity index (χ2n) is 5.54. The van der Waals surface area contributed by atoms with Crippen LogP contribution in [0.3, 0.4) is 0 Å². The van der Waals surface area contributed by atoms with E-state index in [1.165, 1.54) is 0 Å². The fourth-order valence-corrected chi connectivity index (χ4v) is 2.72. The Bertz CT molecular complexity index is 525. The number of carboxylic acid groups (broad SMARTS) is 1. The van der Waals surface area contributed by atoms with Crippen LogP contribution in [0.5, 0.6) is 0 Å². The quantitative estimate of drug-likeness (QED) is 0.639. The molecule has 0 spiro atoms. The van der Waals surface area contributed by atoms with E-state index in [0.29, 0.717) is 24.2 Å². The minimum absolute atomic E-state index is 0.140. The molecule has 1 saturated carbocycles. The summed E-state index contributed by atoms with van der Waals surface area (Å²) in [6.45, 7) is 0.140. The first-order valence-electron chi connectivity index (χ1n) is 7.16. The standard InChI is InChI=1S/C15H21N3O3/c16-11-6-2-3-7-12(11)18-14(21)17-10-15(13(19)20)8-4-1-5-9-15/h2-3,6-7H,1,4-5,8-10,16H2,(H,19,20)(H2,17,18,21). The van der Waals surface area contributed by atoms with Crippen molar-refractivity contribution in [3.8, 4) is 0 Å². The number of para-hydroxylation sites is 2. The molecule has 0 unspecified atom stereocenters. The number of amides is 2. The molecule has 2 amide bonds. The summed E-state index contributed by atoms with van der Waals surface area (Å²) in [4.78, 5) is 23.4. The average Bonchev–Trinajstić information content (AvgIpc) is 2.48. The normalized spacial score (nSPS) is 17.0. The van der Waals surface area contributed by atoms with Crippen molar-refractivity contribution in [1.82, 2.24) is 5.32 Å². The lowest BCUT2D eigenvalue weighted by Gasteiger charge is -2.33. The number of hydrogen-bond acceptors (Lipinski definition) is 3. The molecular formula is C15H21N3O3. The number of nitrogen functional groups attached to an aromatic ring is 1. The summed E-state index contributed by atoms with van der Waals surface area (Å²) in [5.74, 6) is -0.832. The first-order valence-corrected chi connectivity index (χ1v) is 7.16. The number of carboxylic acids is 1. The van der Waals surface area contributed by atoms with Gasteiger partial charge in [0, 0.05) is 6.54 Å². The van der Waals surface area contributed by atoms with Gasteiger partial charge in [0.25, 0.3) is 0 Å². The van der Waals surface area contributed by atoms with Gasteiger partial charge in [0.2, 0.25) is 0 Å². The summed E-state index contributed by atoms with van der Waals surface area (Å²) >= 11 is 0. The van der Waals surface area contributed by atoms with E-state index in [-0.39, 0.29) is 6.54 Å². The molecule has 1 aromatic carbocycles. The van der Waals surface area contributed by atoms with Crippen LogP contribution in [0.2, 0.25) is 0 Å². The van der Waals surface area contributed by atoms with E-state index in [2.05, 4.69) is 10.6 Å². The van der Waals surface area contributed by atoms with E-state index < -0.39 is 17.4 Å². The second kappa shape index (κ2) is 6.47. The molecule has 0 aliphatic heterocycles. The van der Waals surface area contributed by atoms with Gasteiger partial charge in [-0.3, -0.25) is 4.79 Å². The number of urea groups is 1. The van der Waals surface area contributed by atoms with Crippen molar-refractivity contribution < 1.29 is 14.7 Å². The van der Waals surface area contributed by atoms with Gasteiger partial charge in [-0.1, -0.05) is 31.4 Å². The summed E-state index contributed by atoms with van der Waals surface area (Å²) in [6.07, 6.45) is 4.05. The minimum Gasteiger partial charge on any atom is -0.481 e. The Morgan fingerprint density at radius 1 is 1.19 bits per heavy atom. The van der Waals surface area contributed by atoms with Crippen LogP contribution in [0.15, 0.2) is 24.3 Å². The summed E-state index contributed by atoms with van der Waals surface area (Å²) in [6, 6.07) is 6.50. The number of rotatable bonds is 4. The van der Waals surface area contributed by atoms with E-state index in [9.17, 15) is 14.7 Å². The molecule has 6 nitrogen and oxygen atoms in total. The van der Waals surface area contributed by atoms with Gasteiger partial charge in [-0.2, -0.15) is 0 Å². The monoisotopic (exact) mass is 291 g/mol. The maximum atomic E-state index is 11.9. The highest BCUT2D eigenvalue weighted by atomic mass is 16.4.